The van der Waals surface area contributed by atoms with Crippen LogP contribution < -0.4 is 0 Å². The van der Waals surface area contributed by atoms with Crippen LogP contribution in [0.1, 0.15) is 41.5 Å². The van der Waals surface area contributed by atoms with E-state index in [0.29, 0.717) is 5.92 Å². The topological polar surface area (TPSA) is 41.3 Å². The summed E-state index contributed by atoms with van der Waals surface area (Å²) in [5.41, 5.74) is 4.82. The molecule has 4 rings (SSSR count). The maximum absolute atomic E-state index is 10.7. The number of nitrogens with zero attached hydrogens (tertiary/aromatic N) is 3. The molecule has 2 atom stereocenters. The van der Waals surface area contributed by atoms with Gasteiger partial charge in [-0.05, 0) is 69.3 Å². The van der Waals surface area contributed by atoms with E-state index < -0.39 is 0 Å². The molecule has 0 radical (unpaired) electrons. The molecule has 1 aromatic heterocycles. The quantitative estimate of drug-likeness (QED) is 0.943. The zero-order valence-corrected chi connectivity index (χ0v) is 14.7. The van der Waals surface area contributed by atoms with Crippen LogP contribution in [-0.2, 0) is 13.0 Å². The second-order valence-corrected chi connectivity index (χ2v) is 7.50. The van der Waals surface area contributed by atoms with Crippen LogP contribution in [0.5, 0.6) is 0 Å². The first-order valence-corrected chi connectivity index (χ1v) is 9.13. The van der Waals surface area contributed by atoms with Gasteiger partial charge in [-0.3, -0.25) is 9.58 Å². The Kier molecular flexibility index (Phi) is 4.19. The van der Waals surface area contributed by atoms with Crippen molar-refractivity contribution in [3.63, 3.8) is 0 Å². The predicted octanol–water partition coefficient (Wildman–Crippen LogP) is 2.87. The molecule has 0 amide bonds. The SMILES string of the molecule is Cc1cc(C)n(CC2CCN([C@H]3Cc4ccccc4[C@@H]3O)CC2)n1. The van der Waals surface area contributed by atoms with E-state index >= 15 is 0 Å². The molecule has 24 heavy (non-hydrogen) atoms. The van der Waals surface area contributed by atoms with E-state index in [0.717, 1.165) is 37.3 Å². The lowest BCUT2D eigenvalue weighted by atomic mass is 9.94. The van der Waals surface area contributed by atoms with Crippen LogP contribution >= 0.6 is 0 Å². The first-order chi connectivity index (χ1) is 11.6. The summed E-state index contributed by atoms with van der Waals surface area (Å²) in [5.74, 6) is 0.695. The van der Waals surface area contributed by atoms with E-state index in [1.165, 1.54) is 24.1 Å². The Balaban J connectivity index is 1.36. The van der Waals surface area contributed by atoms with Crippen LogP contribution in [0.25, 0.3) is 0 Å². The lowest BCUT2D eigenvalue weighted by molar-refractivity contribution is 0.0368. The van der Waals surface area contributed by atoms with Crippen molar-refractivity contribution in [1.29, 1.82) is 0 Å². The van der Waals surface area contributed by atoms with Gasteiger partial charge in [-0.1, -0.05) is 24.3 Å². The van der Waals surface area contributed by atoms with Crippen molar-refractivity contribution in [3.8, 4) is 0 Å². The lowest BCUT2D eigenvalue weighted by Gasteiger charge is -2.37. The van der Waals surface area contributed by atoms with Crippen molar-refractivity contribution < 1.29 is 5.11 Å². The summed E-state index contributed by atoms with van der Waals surface area (Å²) >= 11 is 0. The van der Waals surface area contributed by atoms with Crippen molar-refractivity contribution in [3.05, 3.63) is 52.8 Å². The highest BCUT2D eigenvalue weighted by molar-refractivity contribution is 5.35. The van der Waals surface area contributed by atoms with Gasteiger partial charge in [0.2, 0.25) is 0 Å². The van der Waals surface area contributed by atoms with E-state index in [2.05, 4.69) is 52.8 Å². The van der Waals surface area contributed by atoms with E-state index in [4.69, 9.17) is 0 Å². The molecule has 0 saturated carbocycles. The number of aliphatic hydroxyl groups excluding tert-OH is 1. The van der Waals surface area contributed by atoms with Gasteiger partial charge >= 0.3 is 0 Å². The van der Waals surface area contributed by atoms with Gasteiger partial charge in [-0.15, -0.1) is 0 Å². The summed E-state index contributed by atoms with van der Waals surface area (Å²) in [7, 11) is 0. The van der Waals surface area contributed by atoms with Crippen LogP contribution in [0.3, 0.4) is 0 Å². The van der Waals surface area contributed by atoms with Crippen molar-refractivity contribution >= 4 is 0 Å². The first kappa shape index (κ1) is 15.9. The van der Waals surface area contributed by atoms with E-state index in [9.17, 15) is 5.11 Å². The summed E-state index contributed by atoms with van der Waals surface area (Å²) in [6.07, 6.45) is 3.05. The third kappa shape index (κ3) is 2.89. The number of aromatic nitrogens is 2. The fraction of sp³-hybridized carbons (Fsp3) is 0.550. The molecular weight excluding hydrogens is 298 g/mol. The monoisotopic (exact) mass is 325 g/mol. The number of likely N-dealkylation sites (tertiary alicyclic amines) is 1. The molecule has 1 N–H and O–H groups in total. The number of aliphatic hydroxyl groups is 1. The third-order valence-corrected chi connectivity index (χ3v) is 5.82. The normalized spacial score (nSPS) is 25.1. The van der Waals surface area contributed by atoms with E-state index in [1.807, 2.05) is 6.07 Å². The largest absolute Gasteiger partial charge is 0.387 e. The van der Waals surface area contributed by atoms with Crippen molar-refractivity contribution in [1.82, 2.24) is 14.7 Å². The molecule has 2 heterocycles. The molecule has 1 aromatic carbocycles. The summed E-state index contributed by atoms with van der Waals surface area (Å²) in [5, 5.41) is 15.3. The van der Waals surface area contributed by atoms with Gasteiger partial charge in [-0.2, -0.15) is 5.10 Å². The van der Waals surface area contributed by atoms with Gasteiger partial charge in [0.25, 0.3) is 0 Å². The summed E-state index contributed by atoms with van der Waals surface area (Å²) in [6.45, 7) is 7.40. The fourth-order valence-corrected chi connectivity index (χ4v) is 4.45. The molecule has 0 bridgehead atoms. The van der Waals surface area contributed by atoms with Crippen molar-refractivity contribution in [2.75, 3.05) is 13.1 Å². The standard InChI is InChI=1S/C20H27N3O/c1-14-11-15(2)23(21-14)13-16-7-9-22(10-8-16)19-12-17-5-3-4-6-18(17)20(19)24/h3-6,11,16,19-20,24H,7-10,12-13H2,1-2H3/t19-,20-/m0/s1. The Hall–Kier alpha value is -1.65. The van der Waals surface area contributed by atoms with Gasteiger partial charge in [0.15, 0.2) is 0 Å². The number of benzene rings is 1. The summed E-state index contributed by atoms with van der Waals surface area (Å²) in [6, 6.07) is 10.8. The Morgan fingerprint density at radius 3 is 2.58 bits per heavy atom. The molecule has 1 saturated heterocycles. The van der Waals surface area contributed by atoms with Crippen molar-refractivity contribution in [2.45, 2.75) is 51.8 Å². The number of piperidine rings is 1. The van der Waals surface area contributed by atoms with Gasteiger partial charge < -0.3 is 5.11 Å². The summed E-state index contributed by atoms with van der Waals surface area (Å²) in [4.78, 5) is 2.50. The van der Waals surface area contributed by atoms with Crippen LogP contribution in [0, 0.1) is 19.8 Å². The Bertz CT molecular complexity index is 715. The molecule has 1 aliphatic heterocycles. The Labute approximate surface area is 144 Å². The highest BCUT2D eigenvalue weighted by atomic mass is 16.3. The van der Waals surface area contributed by atoms with Crippen LogP contribution in [-0.4, -0.2) is 38.9 Å². The molecule has 2 aromatic rings. The Morgan fingerprint density at radius 1 is 1.17 bits per heavy atom. The van der Waals surface area contributed by atoms with Crippen LogP contribution in [0.2, 0.25) is 0 Å². The zero-order chi connectivity index (χ0) is 16.7. The smallest absolute Gasteiger partial charge is 0.0951 e. The van der Waals surface area contributed by atoms with E-state index in [1.54, 1.807) is 0 Å². The molecule has 0 spiro atoms. The highest BCUT2D eigenvalue weighted by Gasteiger charge is 2.36. The number of hydrogen-bond acceptors (Lipinski definition) is 3. The molecular formula is C20H27N3O. The van der Waals surface area contributed by atoms with Crippen molar-refractivity contribution in [2.24, 2.45) is 5.92 Å². The molecule has 0 unspecified atom stereocenters. The fourth-order valence-electron chi connectivity index (χ4n) is 4.45. The second kappa shape index (κ2) is 6.34. The number of rotatable bonds is 3. The van der Waals surface area contributed by atoms with Crippen LogP contribution in [0.4, 0.5) is 0 Å². The molecule has 2 aliphatic rings. The summed E-state index contributed by atoms with van der Waals surface area (Å²) < 4.78 is 2.16. The first-order valence-electron chi connectivity index (χ1n) is 9.13. The number of fused-ring (bicyclic) bond motifs is 1. The third-order valence-electron chi connectivity index (χ3n) is 5.82. The van der Waals surface area contributed by atoms with Gasteiger partial charge in [0.05, 0.1) is 11.8 Å². The van der Waals surface area contributed by atoms with Gasteiger partial charge in [-0.25, -0.2) is 0 Å². The minimum atomic E-state index is -0.325. The number of aryl methyl sites for hydroxylation is 2. The minimum absolute atomic E-state index is 0.261. The lowest BCUT2D eigenvalue weighted by Crippen LogP contribution is -2.44. The predicted molar refractivity (Wildman–Crippen MR) is 94.9 cm³/mol. The molecule has 1 aliphatic carbocycles. The molecule has 4 nitrogen and oxygen atoms in total. The molecule has 4 heteroatoms. The molecule has 128 valence electrons. The maximum atomic E-state index is 10.7. The van der Waals surface area contributed by atoms with Gasteiger partial charge in [0.1, 0.15) is 0 Å². The number of hydrogen-bond donors (Lipinski definition) is 1. The van der Waals surface area contributed by atoms with Crippen LogP contribution in [0.15, 0.2) is 30.3 Å². The molecule has 1 fully saturated rings. The second-order valence-electron chi connectivity index (χ2n) is 7.50. The zero-order valence-electron chi connectivity index (χ0n) is 14.7. The minimum Gasteiger partial charge on any atom is -0.387 e. The van der Waals surface area contributed by atoms with E-state index in [-0.39, 0.29) is 12.1 Å². The Morgan fingerprint density at radius 2 is 1.92 bits per heavy atom. The maximum Gasteiger partial charge on any atom is 0.0951 e. The average molecular weight is 325 g/mol. The highest BCUT2D eigenvalue weighted by Crippen LogP contribution is 2.36. The average Bonchev–Trinajstić information content (AvgIpc) is 3.08. The van der Waals surface area contributed by atoms with Gasteiger partial charge in [0, 0.05) is 18.3 Å².